The van der Waals surface area contributed by atoms with Crippen LogP contribution in [0.2, 0.25) is 0 Å². The number of nitrogens with zero attached hydrogens (tertiary/aromatic N) is 2. The summed E-state index contributed by atoms with van der Waals surface area (Å²) in [6, 6.07) is 13.4. The number of carbonyl (C=O) groups is 1. The molecule has 8 nitrogen and oxygen atoms in total. The number of rotatable bonds is 9. The Hall–Kier alpha value is -2.62. The van der Waals surface area contributed by atoms with Crippen LogP contribution in [0.4, 0.5) is 0 Å². The largest absolute Gasteiger partial charge is 0.497 e. The molecule has 2 aromatic rings. The molecule has 0 spiro atoms. The molecule has 0 saturated carbocycles. The van der Waals surface area contributed by atoms with Gasteiger partial charge in [0.2, 0.25) is 15.9 Å². The fourth-order valence-corrected chi connectivity index (χ4v) is 4.77. The van der Waals surface area contributed by atoms with E-state index in [1.54, 1.807) is 23.1 Å². The Balaban J connectivity index is 1.88. The number of sulfonamides is 1. The minimum absolute atomic E-state index is 0.0626. The summed E-state index contributed by atoms with van der Waals surface area (Å²) in [6.07, 6.45) is 0. The van der Waals surface area contributed by atoms with E-state index in [1.807, 2.05) is 25.1 Å². The Morgan fingerprint density at radius 3 is 2.45 bits per heavy atom. The van der Waals surface area contributed by atoms with Crippen LogP contribution in [0.25, 0.3) is 0 Å². The van der Waals surface area contributed by atoms with Crippen molar-refractivity contribution in [3.05, 3.63) is 54.1 Å². The van der Waals surface area contributed by atoms with Crippen molar-refractivity contribution in [1.29, 1.82) is 0 Å². The van der Waals surface area contributed by atoms with Gasteiger partial charge in [0.25, 0.3) is 0 Å². The molecule has 1 amide bonds. The van der Waals surface area contributed by atoms with Crippen LogP contribution in [0.3, 0.4) is 0 Å². The Morgan fingerprint density at radius 1 is 1.10 bits per heavy atom. The van der Waals surface area contributed by atoms with Crippen molar-refractivity contribution in [3.8, 4) is 11.5 Å². The van der Waals surface area contributed by atoms with E-state index in [2.05, 4.69) is 5.32 Å². The first-order valence-electron chi connectivity index (χ1n) is 10.3. The summed E-state index contributed by atoms with van der Waals surface area (Å²) in [5.41, 5.74) is 0.746. The highest BCUT2D eigenvalue weighted by Crippen LogP contribution is 2.23. The predicted octanol–water partition coefficient (Wildman–Crippen LogP) is 1.72. The molecule has 168 valence electrons. The standard InChI is InChI=1S/C22H29N3O5S/c1-3-30-20-6-4-5-18(15-20)16-25(17-22(26)24-13-11-23-12-14-24)31(27,28)21-9-7-19(29-2)8-10-21/h4-10,15,23H,3,11-14,16-17H2,1-2H3. The molecular formula is C22H29N3O5S. The van der Waals surface area contributed by atoms with Gasteiger partial charge in [0.05, 0.1) is 25.2 Å². The van der Waals surface area contributed by atoms with Crippen LogP contribution in [0.15, 0.2) is 53.4 Å². The van der Waals surface area contributed by atoms with Crippen molar-refractivity contribution in [2.45, 2.75) is 18.4 Å². The Labute approximate surface area is 183 Å². The van der Waals surface area contributed by atoms with E-state index < -0.39 is 10.0 Å². The highest BCUT2D eigenvalue weighted by Gasteiger charge is 2.29. The second-order valence-electron chi connectivity index (χ2n) is 7.16. The molecular weight excluding hydrogens is 418 g/mol. The number of benzene rings is 2. The number of ether oxygens (including phenoxy) is 2. The average Bonchev–Trinajstić information content (AvgIpc) is 2.79. The van der Waals surface area contributed by atoms with Crippen LogP contribution in [0.1, 0.15) is 12.5 Å². The molecule has 0 radical (unpaired) electrons. The van der Waals surface area contributed by atoms with Gasteiger partial charge in [-0.15, -0.1) is 0 Å². The molecule has 1 fully saturated rings. The lowest BCUT2D eigenvalue weighted by atomic mass is 10.2. The summed E-state index contributed by atoms with van der Waals surface area (Å²) in [5, 5.41) is 3.20. The van der Waals surface area contributed by atoms with Crippen molar-refractivity contribution < 1.29 is 22.7 Å². The predicted molar refractivity (Wildman–Crippen MR) is 118 cm³/mol. The van der Waals surface area contributed by atoms with E-state index in [0.29, 0.717) is 44.3 Å². The lowest BCUT2D eigenvalue weighted by Crippen LogP contribution is -2.50. The second kappa shape index (κ2) is 10.6. The zero-order valence-corrected chi connectivity index (χ0v) is 18.7. The number of hydrogen-bond acceptors (Lipinski definition) is 6. The minimum Gasteiger partial charge on any atom is -0.497 e. The Kier molecular flexibility index (Phi) is 7.89. The zero-order chi connectivity index (χ0) is 22.3. The van der Waals surface area contributed by atoms with Crippen LogP contribution in [0, 0.1) is 0 Å². The molecule has 1 aliphatic rings. The maximum atomic E-state index is 13.4. The molecule has 0 aromatic heterocycles. The third-order valence-corrected chi connectivity index (χ3v) is 6.85. The number of carbonyl (C=O) groups excluding carboxylic acids is 1. The van der Waals surface area contributed by atoms with E-state index in [4.69, 9.17) is 9.47 Å². The quantitative estimate of drug-likeness (QED) is 0.630. The van der Waals surface area contributed by atoms with Crippen LogP contribution in [-0.2, 0) is 21.4 Å². The summed E-state index contributed by atoms with van der Waals surface area (Å²) in [6.45, 7) is 4.77. The van der Waals surface area contributed by atoms with E-state index in [9.17, 15) is 13.2 Å². The second-order valence-corrected chi connectivity index (χ2v) is 9.10. The van der Waals surface area contributed by atoms with Gasteiger partial charge in [-0.3, -0.25) is 4.79 Å². The smallest absolute Gasteiger partial charge is 0.243 e. The SMILES string of the molecule is CCOc1cccc(CN(CC(=O)N2CCNCC2)S(=O)(=O)c2ccc(OC)cc2)c1. The summed E-state index contributed by atoms with van der Waals surface area (Å²) in [7, 11) is -2.39. The van der Waals surface area contributed by atoms with Crippen molar-refractivity contribution in [3.63, 3.8) is 0 Å². The van der Waals surface area contributed by atoms with Crippen LogP contribution in [-0.4, -0.2) is 70.0 Å². The van der Waals surface area contributed by atoms with Gasteiger partial charge >= 0.3 is 0 Å². The fourth-order valence-electron chi connectivity index (χ4n) is 3.39. The molecule has 1 heterocycles. The lowest BCUT2D eigenvalue weighted by Gasteiger charge is -2.30. The Bertz CT molecular complexity index is 973. The van der Waals surface area contributed by atoms with Gasteiger partial charge in [-0.2, -0.15) is 4.31 Å². The summed E-state index contributed by atoms with van der Waals surface area (Å²) >= 11 is 0. The normalized spacial score (nSPS) is 14.5. The van der Waals surface area contributed by atoms with Crippen molar-refractivity contribution >= 4 is 15.9 Å². The third-order valence-electron chi connectivity index (χ3n) is 5.05. The van der Waals surface area contributed by atoms with Gasteiger partial charge in [0, 0.05) is 32.7 Å². The van der Waals surface area contributed by atoms with Gasteiger partial charge in [0.15, 0.2) is 0 Å². The molecule has 9 heteroatoms. The Morgan fingerprint density at radius 2 is 1.81 bits per heavy atom. The van der Waals surface area contributed by atoms with Gasteiger partial charge in [-0.05, 0) is 48.9 Å². The number of piperazine rings is 1. The molecule has 0 atom stereocenters. The van der Waals surface area contributed by atoms with Crippen molar-refractivity contribution in [2.24, 2.45) is 0 Å². The highest BCUT2D eigenvalue weighted by atomic mass is 32.2. The third kappa shape index (κ3) is 5.96. The first kappa shape index (κ1) is 23.1. The van der Waals surface area contributed by atoms with Crippen LogP contribution in [0.5, 0.6) is 11.5 Å². The van der Waals surface area contributed by atoms with E-state index in [-0.39, 0.29) is 23.9 Å². The number of methoxy groups -OCH3 is 1. The topological polar surface area (TPSA) is 88.2 Å². The monoisotopic (exact) mass is 447 g/mol. The summed E-state index contributed by atoms with van der Waals surface area (Å²) in [5.74, 6) is 1.02. The molecule has 1 N–H and O–H groups in total. The lowest BCUT2D eigenvalue weighted by molar-refractivity contribution is -0.132. The van der Waals surface area contributed by atoms with Gasteiger partial charge in [0.1, 0.15) is 11.5 Å². The van der Waals surface area contributed by atoms with Crippen molar-refractivity contribution in [1.82, 2.24) is 14.5 Å². The summed E-state index contributed by atoms with van der Waals surface area (Å²) < 4.78 is 38.8. The molecule has 1 aliphatic heterocycles. The van der Waals surface area contributed by atoms with Crippen LogP contribution >= 0.6 is 0 Å². The number of amides is 1. The average molecular weight is 448 g/mol. The maximum absolute atomic E-state index is 13.4. The van der Waals surface area contributed by atoms with Gasteiger partial charge < -0.3 is 19.7 Å². The van der Waals surface area contributed by atoms with Crippen LogP contribution < -0.4 is 14.8 Å². The molecule has 1 saturated heterocycles. The molecule has 3 rings (SSSR count). The zero-order valence-electron chi connectivity index (χ0n) is 17.9. The molecule has 31 heavy (non-hydrogen) atoms. The highest BCUT2D eigenvalue weighted by molar-refractivity contribution is 7.89. The van der Waals surface area contributed by atoms with E-state index in [0.717, 1.165) is 5.56 Å². The minimum atomic E-state index is -3.91. The van der Waals surface area contributed by atoms with Crippen molar-refractivity contribution in [2.75, 3.05) is 46.4 Å². The maximum Gasteiger partial charge on any atom is 0.243 e. The van der Waals surface area contributed by atoms with E-state index >= 15 is 0 Å². The van der Waals surface area contributed by atoms with Gasteiger partial charge in [-0.25, -0.2) is 8.42 Å². The molecule has 0 aliphatic carbocycles. The first-order chi connectivity index (χ1) is 14.9. The molecule has 2 aromatic carbocycles. The number of nitrogens with one attached hydrogen (secondary N) is 1. The fraction of sp³-hybridized carbons (Fsp3) is 0.409. The van der Waals surface area contributed by atoms with E-state index in [1.165, 1.54) is 23.5 Å². The first-order valence-corrected chi connectivity index (χ1v) is 11.7. The molecule has 0 unspecified atom stereocenters. The molecule has 0 bridgehead atoms. The summed E-state index contributed by atoms with van der Waals surface area (Å²) in [4.78, 5) is 14.7. The number of hydrogen-bond donors (Lipinski definition) is 1. The van der Waals surface area contributed by atoms with Gasteiger partial charge in [-0.1, -0.05) is 12.1 Å².